The minimum absolute atomic E-state index is 0.175. The van der Waals surface area contributed by atoms with Crippen LogP contribution in [0.4, 0.5) is 0 Å². The molecular weight excluding hydrogens is 206 g/mol. The van der Waals surface area contributed by atoms with E-state index in [0.29, 0.717) is 0 Å². The van der Waals surface area contributed by atoms with Crippen LogP contribution >= 0.6 is 0 Å². The summed E-state index contributed by atoms with van der Waals surface area (Å²) >= 11 is 0. The highest BCUT2D eigenvalue weighted by Gasteiger charge is 2.30. The zero-order valence-electron chi connectivity index (χ0n) is 9.98. The van der Waals surface area contributed by atoms with Crippen LogP contribution in [0.2, 0.25) is 0 Å². The van der Waals surface area contributed by atoms with Crippen molar-refractivity contribution >= 4 is 5.97 Å². The van der Waals surface area contributed by atoms with Gasteiger partial charge in [-0.25, -0.2) is 0 Å². The first-order valence-electron chi connectivity index (χ1n) is 6.19. The molecule has 0 aromatic rings. The highest BCUT2D eigenvalue weighted by molar-refractivity contribution is 5.70. The van der Waals surface area contributed by atoms with Crippen molar-refractivity contribution < 1.29 is 15.0 Å². The molecule has 16 heavy (non-hydrogen) atoms. The Balaban J connectivity index is 2.30. The number of carboxylic acid groups (broad SMARTS) is 1. The molecule has 4 nitrogen and oxygen atoms in total. The van der Waals surface area contributed by atoms with E-state index in [9.17, 15) is 4.79 Å². The first-order valence-corrected chi connectivity index (χ1v) is 6.19. The summed E-state index contributed by atoms with van der Waals surface area (Å²) in [7, 11) is 0. The summed E-state index contributed by atoms with van der Waals surface area (Å²) in [5.74, 6) is -0.323. The molecule has 0 saturated heterocycles. The van der Waals surface area contributed by atoms with E-state index >= 15 is 0 Å². The zero-order valence-corrected chi connectivity index (χ0v) is 9.98. The normalized spacial score (nSPS) is 27.6. The number of aliphatic hydroxyl groups excluding tert-OH is 1. The number of hydrogen-bond donors (Lipinski definition) is 3. The van der Waals surface area contributed by atoms with Crippen molar-refractivity contribution in [2.45, 2.75) is 32.6 Å². The Labute approximate surface area is 97.0 Å². The van der Waals surface area contributed by atoms with Crippen LogP contribution in [0, 0.1) is 17.8 Å². The lowest BCUT2D eigenvalue weighted by Gasteiger charge is -2.29. The lowest BCUT2D eigenvalue weighted by atomic mass is 9.79. The van der Waals surface area contributed by atoms with Crippen LogP contribution in [0.15, 0.2) is 0 Å². The summed E-state index contributed by atoms with van der Waals surface area (Å²) in [6.07, 6.45) is 4.01. The number of aliphatic carboxylic acids is 1. The number of hydrogen-bond acceptors (Lipinski definition) is 3. The van der Waals surface area contributed by atoms with Crippen molar-refractivity contribution in [3.05, 3.63) is 0 Å². The third-order valence-electron chi connectivity index (χ3n) is 3.44. The third kappa shape index (κ3) is 4.10. The maximum atomic E-state index is 11.1. The van der Waals surface area contributed by atoms with Gasteiger partial charge in [0.1, 0.15) is 0 Å². The average molecular weight is 229 g/mol. The van der Waals surface area contributed by atoms with Gasteiger partial charge in [-0.3, -0.25) is 4.79 Å². The SMILES string of the molecule is CC(CO)CNCC1CCCCC1C(=O)O. The second-order valence-corrected chi connectivity index (χ2v) is 4.94. The van der Waals surface area contributed by atoms with Gasteiger partial charge in [0, 0.05) is 6.61 Å². The average Bonchev–Trinajstić information content (AvgIpc) is 2.29. The fourth-order valence-corrected chi connectivity index (χ4v) is 2.36. The Hall–Kier alpha value is -0.610. The lowest BCUT2D eigenvalue weighted by molar-refractivity contribution is -0.144. The van der Waals surface area contributed by atoms with Crippen LogP contribution in [0.3, 0.4) is 0 Å². The van der Waals surface area contributed by atoms with E-state index in [-0.39, 0.29) is 24.4 Å². The van der Waals surface area contributed by atoms with Gasteiger partial charge < -0.3 is 15.5 Å². The van der Waals surface area contributed by atoms with Gasteiger partial charge in [0.2, 0.25) is 0 Å². The van der Waals surface area contributed by atoms with E-state index in [1.54, 1.807) is 0 Å². The minimum Gasteiger partial charge on any atom is -0.481 e. The van der Waals surface area contributed by atoms with Gasteiger partial charge in [0.05, 0.1) is 5.92 Å². The summed E-state index contributed by atoms with van der Waals surface area (Å²) in [6.45, 7) is 3.68. The van der Waals surface area contributed by atoms with Crippen LogP contribution in [0.1, 0.15) is 32.6 Å². The zero-order chi connectivity index (χ0) is 12.0. The second-order valence-electron chi connectivity index (χ2n) is 4.94. The molecule has 3 N–H and O–H groups in total. The fraction of sp³-hybridized carbons (Fsp3) is 0.917. The summed E-state index contributed by atoms with van der Waals surface area (Å²) in [5, 5.41) is 21.2. The van der Waals surface area contributed by atoms with Crippen LogP contribution < -0.4 is 5.32 Å². The van der Waals surface area contributed by atoms with Crippen molar-refractivity contribution in [2.24, 2.45) is 17.8 Å². The molecule has 0 radical (unpaired) electrons. The lowest BCUT2D eigenvalue weighted by Crippen LogP contribution is -2.36. The van der Waals surface area contributed by atoms with Gasteiger partial charge in [-0.1, -0.05) is 19.8 Å². The topological polar surface area (TPSA) is 69.6 Å². The smallest absolute Gasteiger partial charge is 0.306 e. The van der Waals surface area contributed by atoms with Crippen molar-refractivity contribution in [1.29, 1.82) is 0 Å². The van der Waals surface area contributed by atoms with E-state index in [1.807, 2.05) is 6.92 Å². The molecule has 0 aliphatic heterocycles. The highest BCUT2D eigenvalue weighted by atomic mass is 16.4. The number of rotatable bonds is 6. The number of carboxylic acids is 1. The maximum absolute atomic E-state index is 11.1. The molecule has 1 saturated carbocycles. The van der Waals surface area contributed by atoms with Gasteiger partial charge >= 0.3 is 5.97 Å². The summed E-state index contributed by atoms with van der Waals surface area (Å²) in [5.41, 5.74) is 0. The van der Waals surface area contributed by atoms with Gasteiger partial charge in [0.25, 0.3) is 0 Å². The fourth-order valence-electron chi connectivity index (χ4n) is 2.36. The Morgan fingerprint density at radius 3 is 2.75 bits per heavy atom. The Morgan fingerprint density at radius 1 is 1.44 bits per heavy atom. The first-order chi connectivity index (χ1) is 7.65. The molecule has 0 aromatic carbocycles. The molecule has 4 heteroatoms. The Morgan fingerprint density at radius 2 is 2.12 bits per heavy atom. The number of aliphatic hydroxyl groups is 1. The van der Waals surface area contributed by atoms with Crippen LogP contribution in [-0.2, 0) is 4.79 Å². The van der Waals surface area contributed by atoms with E-state index in [2.05, 4.69) is 5.32 Å². The van der Waals surface area contributed by atoms with Crippen molar-refractivity contribution in [3.8, 4) is 0 Å². The second kappa shape index (κ2) is 6.86. The van der Waals surface area contributed by atoms with Gasteiger partial charge in [-0.05, 0) is 37.8 Å². The van der Waals surface area contributed by atoms with Crippen LogP contribution in [-0.4, -0.2) is 35.9 Å². The minimum atomic E-state index is -0.651. The summed E-state index contributed by atoms with van der Waals surface area (Å²) < 4.78 is 0. The predicted octanol–water partition coefficient (Wildman–Crippen LogP) is 1.10. The molecule has 1 rings (SSSR count). The molecule has 1 aliphatic rings. The van der Waals surface area contributed by atoms with E-state index in [0.717, 1.165) is 38.8 Å². The van der Waals surface area contributed by atoms with Gasteiger partial charge in [-0.15, -0.1) is 0 Å². The quantitative estimate of drug-likeness (QED) is 0.638. The van der Waals surface area contributed by atoms with Gasteiger partial charge in [-0.2, -0.15) is 0 Å². The third-order valence-corrected chi connectivity index (χ3v) is 3.44. The molecule has 1 fully saturated rings. The van der Waals surface area contributed by atoms with E-state index < -0.39 is 5.97 Å². The molecule has 0 bridgehead atoms. The standard InChI is InChI=1S/C12H23NO3/c1-9(8-14)6-13-7-10-4-2-3-5-11(10)12(15)16/h9-11,13-14H,2-8H2,1H3,(H,15,16). The molecule has 0 heterocycles. The maximum Gasteiger partial charge on any atom is 0.306 e. The largest absolute Gasteiger partial charge is 0.481 e. The molecule has 0 aromatic heterocycles. The van der Waals surface area contributed by atoms with Crippen LogP contribution in [0.25, 0.3) is 0 Å². The Kier molecular flexibility index (Phi) is 5.77. The van der Waals surface area contributed by atoms with Crippen molar-refractivity contribution in [2.75, 3.05) is 19.7 Å². The van der Waals surface area contributed by atoms with E-state index in [1.165, 1.54) is 0 Å². The van der Waals surface area contributed by atoms with Gasteiger partial charge in [0.15, 0.2) is 0 Å². The van der Waals surface area contributed by atoms with Crippen molar-refractivity contribution in [1.82, 2.24) is 5.32 Å². The predicted molar refractivity (Wildman–Crippen MR) is 62.2 cm³/mol. The first kappa shape index (κ1) is 13.5. The molecular formula is C12H23NO3. The Bertz CT molecular complexity index is 220. The monoisotopic (exact) mass is 229 g/mol. The summed E-state index contributed by atoms with van der Waals surface area (Å²) in [6, 6.07) is 0. The molecule has 3 atom stereocenters. The van der Waals surface area contributed by atoms with Crippen molar-refractivity contribution in [3.63, 3.8) is 0 Å². The number of nitrogens with one attached hydrogen (secondary N) is 1. The number of carbonyl (C=O) groups is 1. The molecule has 0 amide bonds. The summed E-state index contributed by atoms with van der Waals surface area (Å²) in [4.78, 5) is 11.1. The molecule has 94 valence electrons. The highest BCUT2D eigenvalue weighted by Crippen LogP contribution is 2.29. The molecule has 0 spiro atoms. The molecule has 1 aliphatic carbocycles. The van der Waals surface area contributed by atoms with Crippen LogP contribution in [0.5, 0.6) is 0 Å². The molecule has 3 unspecified atom stereocenters. The van der Waals surface area contributed by atoms with E-state index in [4.69, 9.17) is 10.2 Å².